The molecule has 0 aliphatic heterocycles. The van der Waals surface area contributed by atoms with Gasteiger partial charge in [0, 0.05) is 6.54 Å². The molecule has 0 bridgehead atoms. The number of carbonyl (C=O) groups is 1. The van der Waals surface area contributed by atoms with Crippen LogP contribution >= 0.6 is 15.9 Å². The fraction of sp³-hybridized carbons (Fsp3) is 0.533. The molecule has 116 valence electrons. The topological polar surface area (TPSA) is 78.8 Å². The molecule has 6 heteroatoms. The Balaban J connectivity index is 1.92. The lowest BCUT2D eigenvalue weighted by Crippen LogP contribution is -2.28. The van der Waals surface area contributed by atoms with Crippen molar-refractivity contribution in [3.63, 3.8) is 0 Å². The van der Waals surface area contributed by atoms with Gasteiger partial charge in [-0.05, 0) is 58.9 Å². The molecule has 0 amide bonds. The quantitative estimate of drug-likeness (QED) is 0.729. The van der Waals surface area contributed by atoms with Gasteiger partial charge in [-0.3, -0.25) is 4.79 Å². The first-order valence-corrected chi connectivity index (χ1v) is 7.81. The largest absolute Gasteiger partial charge is 0.503 e. The van der Waals surface area contributed by atoms with Crippen molar-refractivity contribution in [2.45, 2.75) is 25.8 Å². The Bertz CT molecular complexity index is 521. The van der Waals surface area contributed by atoms with Crippen LogP contribution in [0.25, 0.3) is 0 Å². The number of ether oxygens (including phenoxy) is 1. The summed E-state index contributed by atoms with van der Waals surface area (Å²) in [6.07, 6.45) is 2.73. The van der Waals surface area contributed by atoms with Gasteiger partial charge < -0.3 is 20.3 Å². The second-order valence-corrected chi connectivity index (χ2v) is 6.25. The molecule has 5 nitrogen and oxygen atoms in total. The van der Waals surface area contributed by atoms with Crippen LogP contribution in [0.15, 0.2) is 16.6 Å². The molecular formula is C15H20BrNO4. The molecule has 0 saturated heterocycles. The van der Waals surface area contributed by atoms with Gasteiger partial charge in [0.1, 0.15) is 0 Å². The average Bonchev–Trinajstić information content (AvgIpc) is 2.91. The van der Waals surface area contributed by atoms with Crippen molar-refractivity contribution in [2.24, 2.45) is 11.8 Å². The Morgan fingerprint density at radius 3 is 2.90 bits per heavy atom. The zero-order valence-corrected chi connectivity index (χ0v) is 13.5. The number of hydrogen-bond acceptors (Lipinski definition) is 4. The van der Waals surface area contributed by atoms with E-state index in [0.717, 1.165) is 24.8 Å². The highest BCUT2D eigenvalue weighted by Crippen LogP contribution is 2.35. The van der Waals surface area contributed by atoms with Crippen molar-refractivity contribution in [1.29, 1.82) is 0 Å². The van der Waals surface area contributed by atoms with Crippen LogP contribution in [0.1, 0.15) is 24.8 Å². The molecule has 0 spiro atoms. The van der Waals surface area contributed by atoms with Crippen LogP contribution in [0, 0.1) is 11.8 Å². The van der Waals surface area contributed by atoms with Crippen LogP contribution in [0.4, 0.5) is 0 Å². The van der Waals surface area contributed by atoms with Gasteiger partial charge in [0.15, 0.2) is 11.5 Å². The van der Waals surface area contributed by atoms with Gasteiger partial charge in [-0.2, -0.15) is 0 Å². The zero-order valence-electron chi connectivity index (χ0n) is 11.9. The standard InChI is InChI=1S/C15H20BrNO4/c1-21-13-6-9(5-12(16)14(13)18)7-17-8-10-3-2-4-11(10)15(19)20/h5-6,10-11,17-18H,2-4,7-8H2,1H3,(H,19,20). The lowest BCUT2D eigenvalue weighted by Gasteiger charge is -2.16. The molecule has 2 atom stereocenters. The average molecular weight is 358 g/mol. The van der Waals surface area contributed by atoms with Gasteiger partial charge in [0.2, 0.25) is 0 Å². The van der Waals surface area contributed by atoms with Crippen LogP contribution in [-0.2, 0) is 11.3 Å². The number of rotatable bonds is 6. The third-order valence-corrected chi connectivity index (χ3v) is 4.62. The highest BCUT2D eigenvalue weighted by atomic mass is 79.9. The van der Waals surface area contributed by atoms with E-state index in [1.807, 2.05) is 6.07 Å². The van der Waals surface area contributed by atoms with E-state index in [-0.39, 0.29) is 17.6 Å². The van der Waals surface area contributed by atoms with Gasteiger partial charge in [-0.25, -0.2) is 0 Å². The lowest BCUT2D eigenvalue weighted by atomic mass is 9.96. The first-order valence-electron chi connectivity index (χ1n) is 7.01. The number of carboxylic acids is 1. The normalized spacial score (nSPS) is 21.4. The molecule has 1 saturated carbocycles. The summed E-state index contributed by atoms with van der Waals surface area (Å²) in [5.74, 6) is -0.203. The number of nitrogens with one attached hydrogen (secondary N) is 1. The number of phenols is 1. The fourth-order valence-electron chi connectivity index (χ4n) is 2.89. The predicted octanol–water partition coefficient (Wildman–Crippen LogP) is 2.75. The van der Waals surface area contributed by atoms with Crippen molar-refractivity contribution in [2.75, 3.05) is 13.7 Å². The van der Waals surface area contributed by atoms with E-state index in [1.54, 1.807) is 6.07 Å². The second-order valence-electron chi connectivity index (χ2n) is 5.40. The molecule has 1 aromatic carbocycles. The van der Waals surface area contributed by atoms with Crippen molar-refractivity contribution >= 4 is 21.9 Å². The highest BCUT2D eigenvalue weighted by molar-refractivity contribution is 9.10. The number of phenolic OH excluding ortho intramolecular Hbond substituents is 1. The minimum atomic E-state index is -0.687. The molecule has 1 aliphatic carbocycles. The molecule has 3 N–H and O–H groups in total. The molecule has 0 radical (unpaired) electrons. The third-order valence-electron chi connectivity index (χ3n) is 4.02. The lowest BCUT2D eigenvalue weighted by molar-refractivity contribution is -0.142. The van der Waals surface area contributed by atoms with E-state index in [2.05, 4.69) is 21.2 Å². The molecule has 21 heavy (non-hydrogen) atoms. The predicted molar refractivity (Wildman–Crippen MR) is 82.5 cm³/mol. The number of aromatic hydroxyl groups is 1. The van der Waals surface area contributed by atoms with E-state index in [4.69, 9.17) is 9.84 Å². The first kappa shape index (κ1) is 16.1. The van der Waals surface area contributed by atoms with Gasteiger partial charge in [0.25, 0.3) is 0 Å². The second kappa shape index (κ2) is 7.13. The van der Waals surface area contributed by atoms with Gasteiger partial charge in [0.05, 0.1) is 17.5 Å². The summed E-state index contributed by atoms with van der Waals surface area (Å²) >= 11 is 3.29. The maximum atomic E-state index is 11.1. The van der Waals surface area contributed by atoms with E-state index >= 15 is 0 Å². The Kier molecular flexibility index (Phi) is 5.47. The fourth-order valence-corrected chi connectivity index (χ4v) is 3.38. The van der Waals surface area contributed by atoms with Crippen LogP contribution in [0.5, 0.6) is 11.5 Å². The van der Waals surface area contributed by atoms with Crippen LogP contribution in [-0.4, -0.2) is 29.8 Å². The van der Waals surface area contributed by atoms with E-state index in [9.17, 15) is 9.90 Å². The summed E-state index contributed by atoms with van der Waals surface area (Å²) in [6, 6.07) is 3.60. The summed E-state index contributed by atoms with van der Waals surface area (Å²) in [5.41, 5.74) is 0.974. The SMILES string of the molecule is COc1cc(CNCC2CCCC2C(=O)O)cc(Br)c1O. The Morgan fingerprint density at radius 1 is 1.48 bits per heavy atom. The van der Waals surface area contributed by atoms with Crippen molar-refractivity contribution in [3.05, 3.63) is 22.2 Å². The van der Waals surface area contributed by atoms with E-state index in [0.29, 0.717) is 23.3 Å². The number of benzene rings is 1. The summed E-state index contributed by atoms with van der Waals surface area (Å²) < 4.78 is 5.70. The third kappa shape index (κ3) is 3.89. The minimum Gasteiger partial charge on any atom is -0.503 e. The van der Waals surface area contributed by atoms with Crippen LogP contribution in [0.2, 0.25) is 0 Å². The van der Waals surface area contributed by atoms with E-state index < -0.39 is 5.97 Å². The summed E-state index contributed by atoms with van der Waals surface area (Å²) in [5, 5.41) is 22.2. The number of methoxy groups -OCH3 is 1. The Morgan fingerprint density at radius 2 is 2.24 bits per heavy atom. The molecule has 2 unspecified atom stereocenters. The van der Waals surface area contributed by atoms with Crippen LogP contribution in [0.3, 0.4) is 0 Å². The molecule has 0 aromatic heterocycles. The maximum absolute atomic E-state index is 11.1. The minimum absolute atomic E-state index is 0.0861. The number of halogens is 1. The monoisotopic (exact) mass is 357 g/mol. The first-order chi connectivity index (χ1) is 10.0. The number of aliphatic carboxylic acids is 1. The maximum Gasteiger partial charge on any atom is 0.306 e. The van der Waals surface area contributed by atoms with Crippen molar-refractivity contribution < 1.29 is 19.7 Å². The molecule has 1 fully saturated rings. The number of hydrogen-bond donors (Lipinski definition) is 3. The summed E-state index contributed by atoms with van der Waals surface area (Å²) in [7, 11) is 1.51. The molecule has 0 heterocycles. The number of carboxylic acid groups (broad SMARTS) is 1. The van der Waals surface area contributed by atoms with E-state index in [1.165, 1.54) is 7.11 Å². The molecule has 2 rings (SSSR count). The smallest absolute Gasteiger partial charge is 0.306 e. The van der Waals surface area contributed by atoms with Gasteiger partial charge >= 0.3 is 5.97 Å². The Labute approximate surface area is 132 Å². The Hall–Kier alpha value is -1.27. The summed E-state index contributed by atoms with van der Waals surface area (Å²) in [4.78, 5) is 11.1. The van der Waals surface area contributed by atoms with Crippen molar-refractivity contribution in [1.82, 2.24) is 5.32 Å². The van der Waals surface area contributed by atoms with Crippen LogP contribution < -0.4 is 10.1 Å². The molecule has 1 aliphatic rings. The highest BCUT2D eigenvalue weighted by Gasteiger charge is 2.32. The van der Waals surface area contributed by atoms with Gasteiger partial charge in [-0.15, -0.1) is 0 Å². The summed E-state index contributed by atoms with van der Waals surface area (Å²) in [6.45, 7) is 1.30. The zero-order chi connectivity index (χ0) is 15.4. The van der Waals surface area contributed by atoms with Gasteiger partial charge in [-0.1, -0.05) is 6.42 Å². The molecule has 1 aromatic rings. The van der Waals surface area contributed by atoms with Crippen molar-refractivity contribution in [3.8, 4) is 11.5 Å². The molecular weight excluding hydrogens is 338 g/mol.